The highest BCUT2D eigenvalue weighted by Crippen LogP contribution is 2.30. The molecule has 2 aliphatic heterocycles. The van der Waals surface area contributed by atoms with Crippen LogP contribution in [-0.2, 0) is 6.54 Å². The third-order valence-electron chi connectivity index (χ3n) is 4.97. The number of halogens is 1. The van der Waals surface area contributed by atoms with Crippen molar-refractivity contribution in [1.29, 1.82) is 0 Å². The van der Waals surface area contributed by atoms with E-state index in [1.165, 1.54) is 0 Å². The number of nitrogens with one attached hydrogen (secondary N) is 3. The van der Waals surface area contributed by atoms with Gasteiger partial charge in [0, 0.05) is 34.6 Å². The van der Waals surface area contributed by atoms with Crippen LogP contribution in [0.15, 0.2) is 66.4 Å². The summed E-state index contributed by atoms with van der Waals surface area (Å²) in [6, 6.07) is 15.4. The van der Waals surface area contributed by atoms with Crippen molar-refractivity contribution in [3.05, 3.63) is 82.5 Å². The molecule has 7 heteroatoms. The number of hydrogen-bond donors (Lipinski definition) is 4. The van der Waals surface area contributed by atoms with Crippen LogP contribution in [0.25, 0.3) is 5.70 Å². The first-order valence-electron chi connectivity index (χ1n) is 9.70. The summed E-state index contributed by atoms with van der Waals surface area (Å²) in [5.74, 6) is 0. The monoisotopic (exact) mass is 409 g/mol. The first kappa shape index (κ1) is 19.5. The number of carbonyl (C=O) groups excluding carboxylic acids is 1. The summed E-state index contributed by atoms with van der Waals surface area (Å²) in [5, 5.41) is 10.3. The van der Waals surface area contributed by atoms with Crippen molar-refractivity contribution in [2.75, 3.05) is 18.0 Å². The Morgan fingerprint density at radius 3 is 2.66 bits per heavy atom. The summed E-state index contributed by atoms with van der Waals surface area (Å²) in [5.41, 5.74) is 10.3. The molecule has 2 heterocycles. The number of rotatable bonds is 7. The van der Waals surface area contributed by atoms with Gasteiger partial charge in [-0.2, -0.15) is 0 Å². The number of carbonyl (C=O) groups is 1. The Morgan fingerprint density at radius 2 is 1.90 bits per heavy atom. The Hall–Kier alpha value is -2.80. The lowest BCUT2D eigenvalue weighted by atomic mass is 10.1. The van der Waals surface area contributed by atoms with Gasteiger partial charge in [0.15, 0.2) is 0 Å². The van der Waals surface area contributed by atoms with E-state index in [4.69, 9.17) is 17.3 Å². The third kappa shape index (κ3) is 4.29. The third-order valence-corrected chi connectivity index (χ3v) is 5.30. The molecule has 1 atom stereocenters. The molecule has 29 heavy (non-hydrogen) atoms. The second-order valence-electron chi connectivity index (χ2n) is 7.05. The van der Waals surface area contributed by atoms with E-state index in [2.05, 4.69) is 16.0 Å². The molecule has 0 fully saturated rings. The highest BCUT2D eigenvalue weighted by molar-refractivity contribution is 6.32. The summed E-state index contributed by atoms with van der Waals surface area (Å²) in [4.78, 5) is 14.3. The van der Waals surface area contributed by atoms with E-state index >= 15 is 0 Å². The Balaban J connectivity index is 1.50. The van der Waals surface area contributed by atoms with Crippen molar-refractivity contribution in [2.45, 2.75) is 19.1 Å². The smallest absolute Gasteiger partial charge is 0.327 e. The number of nitrogens with two attached hydrogens (primary N) is 1. The van der Waals surface area contributed by atoms with Gasteiger partial charge >= 0.3 is 6.03 Å². The largest absolute Gasteiger partial charge is 0.361 e. The minimum absolute atomic E-state index is 0.172. The van der Waals surface area contributed by atoms with Gasteiger partial charge in [-0.1, -0.05) is 41.9 Å². The minimum Gasteiger partial charge on any atom is -0.361 e. The predicted molar refractivity (Wildman–Crippen MR) is 117 cm³/mol. The molecular formula is C22H24ClN5O. The first-order valence-corrected chi connectivity index (χ1v) is 10.1. The van der Waals surface area contributed by atoms with Gasteiger partial charge in [-0.3, -0.25) is 4.90 Å². The van der Waals surface area contributed by atoms with E-state index in [1.807, 2.05) is 60.8 Å². The molecule has 0 saturated carbocycles. The minimum atomic E-state index is -0.254. The van der Waals surface area contributed by atoms with Gasteiger partial charge in [0.25, 0.3) is 0 Å². The lowest BCUT2D eigenvalue weighted by molar-refractivity contribution is 0.244. The normalized spacial score (nSPS) is 17.9. The van der Waals surface area contributed by atoms with Crippen molar-refractivity contribution in [1.82, 2.24) is 16.0 Å². The maximum atomic E-state index is 12.6. The zero-order valence-corrected chi connectivity index (χ0v) is 16.7. The number of amides is 2. The molecular weight excluding hydrogens is 386 g/mol. The van der Waals surface area contributed by atoms with Gasteiger partial charge in [0.1, 0.15) is 6.17 Å². The molecule has 0 spiro atoms. The number of nitrogens with zero attached hydrogens (tertiary/aromatic N) is 1. The Labute approximate surface area is 175 Å². The molecule has 150 valence electrons. The van der Waals surface area contributed by atoms with E-state index in [-0.39, 0.29) is 12.2 Å². The molecule has 1 unspecified atom stereocenters. The van der Waals surface area contributed by atoms with Crippen molar-refractivity contribution in [2.24, 2.45) is 5.73 Å². The van der Waals surface area contributed by atoms with Crippen LogP contribution in [0.1, 0.15) is 17.5 Å². The number of fused-ring (bicyclic) bond motifs is 1. The molecule has 6 nitrogen and oxygen atoms in total. The summed E-state index contributed by atoms with van der Waals surface area (Å²) in [7, 11) is 0. The quantitative estimate of drug-likeness (QED) is 0.529. The maximum Gasteiger partial charge on any atom is 0.327 e. The van der Waals surface area contributed by atoms with Crippen LogP contribution in [0, 0.1) is 0 Å². The Kier molecular flexibility index (Phi) is 5.85. The molecule has 4 rings (SSSR count). The van der Waals surface area contributed by atoms with Crippen LogP contribution >= 0.6 is 11.6 Å². The standard InChI is InChI=1S/C22H24ClN5O/c23-19-5-2-1-4-18(19)20-12-16-14-28(22(29)27-21(16)26-20)17-8-6-15(7-9-17)13-25-11-3-10-24/h1-2,4-9,12,14,21,25-26H,3,10-11,13,24H2,(H,27,29). The second kappa shape index (κ2) is 8.69. The Bertz CT molecular complexity index is 954. The van der Waals surface area contributed by atoms with E-state index in [0.717, 1.165) is 47.6 Å². The number of benzene rings is 2. The highest BCUT2D eigenvalue weighted by atomic mass is 35.5. The summed E-state index contributed by atoms with van der Waals surface area (Å²) in [6.07, 6.45) is 4.59. The van der Waals surface area contributed by atoms with Crippen molar-refractivity contribution in [3.8, 4) is 0 Å². The molecule has 2 aromatic rings. The molecule has 0 aliphatic carbocycles. The fourth-order valence-corrected chi connectivity index (χ4v) is 3.66. The van der Waals surface area contributed by atoms with Gasteiger partial charge in [0.05, 0.1) is 5.69 Å². The van der Waals surface area contributed by atoms with Crippen molar-refractivity contribution >= 4 is 29.0 Å². The van der Waals surface area contributed by atoms with Crippen LogP contribution < -0.4 is 26.6 Å². The summed E-state index contributed by atoms with van der Waals surface area (Å²) >= 11 is 6.31. The van der Waals surface area contributed by atoms with E-state index in [1.54, 1.807) is 4.90 Å². The van der Waals surface area contributed by atoms with Crippen LogP contribution in [-0.4, -0.2) is 25.3 Å². The molecule has 2 aromatic carbocycles. The van der Waals surface area contributed by atoms with E-state index in [9.17, 15) is 4.79 Å². The van der Waals surface area contributed by atoms with Gasteiger partial charge in [0.2, 0.25) is 0 Å². The lowest BCUT2D eigenvalue weighted by Crippen LogP contribution is -2.51. The predicted octanol–water partition coefficient (Wildman–Crippen LogP) is 3.16. The average Bonchev–Trinajstić information content (AvgIpc) is 3.14. The SMILES string of the molecule is NCCCNCc1ccc(N2C=C3C=C(c4ccccc4Cl)NC3NC2=O)cc1. The van der Waals surface area contributed by atoms with E-state index in [0.29, 0.717) is 11.6 Å². The zero-order valence-electron chi connectivity index (χ0n) is 16.0. The maximum absolute atomic E-state index is 12.6. The fraction of sp³-hybridized carbons (Fsp3) is 0.227. The van der Waals surface area contributed by atoms with Crippen molar-refractivity contribution < 1.29 is 4.79 Å². The molecule has 2 amide bonds. The van der Waals surface area contributed by atoms with Gasteiger partial charge < -0.3 is 21.7 Å². The van der Waals surface area contributed by atoms with E-state index < -0.39 is 0 Å². The zero-order chi connectivity index (χ0) is 20.2. The van der Waals surface area contributed by atoms with Crippen LogP contribution in [0.3, 0.4) is 0 Å². The topological polar surface area (TPSA) is 82.4 Å². The molecule has 5 N–H and O–H groups in total. The van der Waals surface area contributed by atoms with Crippen LogP contribution in [0.4, 0.5) is 10.5 Å². The average molecular weight is 410 g/mol. The van der Waals surface area contributed by atoms with Gasteiger partial charge in [-0.05, 0) is 49.3 Å². The number of anilines is 1. The number of hydrogen-bond acceptors (Lipinski definition) is 4. The first-order chi connectivity index (χ1) is 14.2. The second-order valence-corrected chi connectivity index (χ2v) is 7.46. The lowest BCUT2D eigenvalue weighted by Gasteiger charge is -2.29. The van der Waals surface area contributed by atoms with Gasteiger partial charge in [-0.25, -0.2) is 4.79 Å². The fourth-order valence-electron chi connectivity index (χ4n) is 3.42. The molecule has 0 bridgehead atoms. The molecule has 2 aliphatic rings. The molecule has 0 saturated heterocycles. The molecule has 0 aromatic heterocycles. The Morgan fingerprint density at radius 1 is 1.10 bits per heavy atom. The summed E-state index contributed by atoms with van der Waals surface area (Å²) < 4.78 is 0. The number of urea groups is 1. The highest BCUT2D eigenvalue weighted by Gasteiger charge is 2.31. The van der Waals surface area contributed by atoms with Crippen LogP contribution in [0.5, 0.6) is 0 Å². The van der Waals surface area contributed by atoms with Crippen molar-refractivity contribution in [3.63, 3.8) is 0 Å². The van der Waals surface area contributed by atoms with Gasteiger partial charge in [-0.15, -0.1) is 0 Å². The summed E-state index contributed by atoms with van der Waals surface area (Å²) in [6.45, 7) is 2.37. The molecule has 0 radical (unpaired) electrons. The van der Waals surface area contributed by atoms with Crippen LogP contribution in [0.2, 0.25) is 5.02 Å².